The lowest BCUT2D eigenvalue weighted by Gasteiger charge is -2.15. The van der Waals surface area contributed by atoms with Crippen molar-refractivity contribution in [2.45, 2.75) is 6.42 Å². The Morgan fingerprint density at radius 1 is 0.824 bits per heavy atom. The Balaban J connectivity index is 2.13. The summed E-state index contributed by atoms with van der Waals surface area (Å²) < 4.78 is 0. The number of ketones is 1. The summed E-state index contributed by atoms with van der Waals surface area (Å²) in [5, 5.41) is 0. The topological polar surface area (TPSA) is 17.1 Å². The molecule has 17 heavy (non-hydrogen) atoms. The van der Waals surface area contributed by atoms with Crippen molar-refractivity contribution in [3.05, 3.63) is 71.3 Å². The van der Waals surface area contributed by atoms with E-state index >= 15 is 0 Å². The third kappa shape index (κ3) is 1.80. The molecule has 82 valence electrons. The SMILES string of the molecule is O=C1Cc2ccccc2C=C1c1ccccc1. The van der Waals surface area contributed by atoms with E-state index in [0.29, 0.717) is 6.42 Å². The monoisotopic (exact) mass is 220 g/mol. The van der Waals surface area contributed by atoms with Gasteiger partial charge in [-0.1, -0.05) is 54.6 Å². The third-order valence-corrected chi connectivity index (χ3v) is 3.09. The molecule has 0 heterocycles. The minimum Gasteiger partial charge on any atom is -0.294 e. The number of hydrogen-bond donors (Lipinski definition) is 0. The summed E-state index contributed by atoms with van der Waals surface area (Å²) in [4.78, 5) is 12.1. The lowest BCUT2D eigenvalue weighted by molar-refractivity contribution is -0.113. The lowest BCUT2D eigenvalue weighted by Crippen LogP contribution is -2.11. The average Bonchev–Trinajstić information content (AvgIpc) is 2.39. The molecule has 0 aliphatic heterocycles. The van der Waals surface area contributed by atoms with Crippen molar-refractivity contribution in [3.63, 3.8) is 0 Å². The molecule has 3 rings (SSSR count). The molecular formula is C16H12O. The number of rotatable bonds is 1. The van der Waals surface area contributed by atoms with E-state index in [-0.39, 0.29) is 5.78 Å². The van der Waals surface area contributed by atoms with Crippen LogP contribution in [0.2, 0.25) is 0 Å². The Labute approximate surface area is 100 Å². The van der Waals surface area contributed by atoms with Gasteiger partial charge >= 0.3 is 0 Å². The molecule has 0 spiro atoms. The Morgan fingerprint density at radius 3 is 2.35 bits per heavy atom. The van der Waals surface area contributed by atoms with Gasteiger partial charge in [0.05, 0.1) is 0 Å². The van der Waals surface area contributed by atoms with E-state index < -0.39 is 0 Å². The molecule has 0 radical (unpaired) electrons. The highest BCUT2D eigenvalue weighted by atomic mass is 16.1. The highest BCUT2D eigenvalue weighted by Crippen LogP contribution is 2.27. The van der Waals surface area contributed by atoms with Gasteiger partial charge in [-0.05, 0) is 22.8 Å². The van der Waals surface area contributed by atoms with Gasteiger partial charge in [-0.15, -0.1) is 0 Å². The average molecular weight is 220 g/mol. The molecule has 2 aromatic rings. The molecule has 1 aliphatic carbocycles. The zero-order chi connectivity index (χ0) is 11.7. The quantitative estimate of drug-likeness (QED) is 0.720. The van der Waals surface area contributed by atoms with E-state index in [2.05, 4.69) is 6.07 Å². The second kappa shape index (κ2) is 4.02. The molecule has 1 nitrogen and oxygen atoms in total. The molecule has 0 atom stereocenters. The highest BCUT2D eigenvalue weighted by molar-refractivity contribution is 6.27. The standard InChI is InChI=1S/C16H12O/c17-16-11-14-9-5-4-8-13(14)10-15(16)12-6-2-1-3-7-12/h1-10H,11H2. The molecule has 0 unspecified atom stereocenters. The van der Waals surface area contributed by atoms with Gasteiger partial charge in [0.1, 0.15) is 0 Å². The van der Waals surface area contributed by atoms with Crippen molar-refractivity contribution < 1.29 is 4.79 Å². The maximum atomic E-state index is 12.1. The number of hydrogen-bond acceptors (Lipinski definition) is 1. The summed E-state index contributed by atoms with van der Waals surface area (Å²) >= 11 is 0. The molecule has 1 heteroatoms. The largest absolute Gasteiger partial charge is 0.294 e. The van der Waals surface area contributed by atoms with Crippen LogP contribution in [0.4, 0.5) is 0 Å². The minimum absolute atomic E-state index is 0.204. The van der Waals surface area contributed by atoms with Gasteiger partial charge in [0.25, 0.3) is 0 Å². The van der Waals surface area contributed by atoms with Gasteiger partial charge in [0.2, 0.25) is 0 Å². The molecule has 0 saturated carbocycles. The fraction of sp³-hybridized carbons (Fsp3) is 0.0625. The molecule has 0 aromatic heterocycles. The fourth-order valence-electron chi connectivity index (χ4n) is 2.20. The van der Waals surface area contributed by atoms with Crippen LogP contribution in [0.15, 0.2) is 54.6 Å². The van der Waals surface area contributed by atoms with Crippen molar-refractivity contribution in [2.75, 3.05) is 0 Å². The van der Waals surface area contributed by atoms with Gasteiger partial charge in [-0.25, -0.2) is 0 Å². The van der Waals surface area contributed by atoms with Crippen LogP contribution in [0.3, 0.4) is 0 Å². The Bertz CT molecular complexity index is 594. The number of carbonyl (C=O) groups excluding carboxylic acids is 1. The van der Waals surface area contributed by atoms with Crippen LogP contribution >= 0.6 is 0 Å². The number of benzene rings is 2. The van der Waals surface area contributed by atoms with E-state index in [9.17, 15) is 4.79 Å². The Morgan fingerprint density at radius 2 is 1.53 bits per heavy atom. The van der Waals surface area contributed by atoms with Crippen LogP contribution in [0.1, 0.15) is 16.7 Å². The maximum absolute atomic E-state index is 12.1. The molecule has 0 amide bonds. The van der Waals surface area contributed by atoms with Gasteiger partial charge in [0, 0.05) is 12.0 Å². The predicted molar refractivity (Wildman–Crippen MR) is 69.5 cm³/mol. The minimum atomic E-state index is 0.204. The van der Waals surface area contributed by atoms with E-state index in [4.69, 9.17) is 0 Å². The van der Waals surface area contributed by atoms with Crippen LogP contribution in [0.25, 0.3) is 11.6 Å². The second-order valence-electron chi connectivity index (χ2n) is 4.22. The van der Waals surface area contributed by atoms with Crippen molar-refractivity contribution in [3.8, 4) is 0 Å². The fourth-order valence-corrected chi connectivity index (χ4v) is 2.20. The molecule has 0 N–H and O–H groups in total. The first-order valence-corrected chi connectivity index (χ1v) is 5.73. The van der Waals surface area contributed by atoms with E-state index in [0.717, 1.165) is 22.3 Å². The number of allylic oxidation sites excluding steroid dienone is 1. The number of Topliss-reactive ketones (excluding diaryl/α,β-unsaturated/α-hetero) is 1. The summed E-state index contributed by atoms with van der Waals surface area (Å²) in [6.07, 6.45) is 2.51. The third-order valence-electron chi connectivity index (χ3n) is 3.09. The summed E-state index contributed by atoms with van der Waals surface area (Å²) in [5.41, 5.74) is 4.11. The molecule has 0 fully saturated rings. The molecule has 2 aromatic carbocycles. The van der Waals surface area contributed by atoms with Crippen LogP contribution < -0.4 is 0 Å². The van der Waals surface area contributed by atoms with E-state index in [1.807, 2.05) is 54.6 Å². The predicted octanol–water partition coefficient (Wildman–Crippen LogP) is 3.35. The van der Waals surface area contributed by atoms with Gasteiger partial charge < -0.3 is 0 Å². The number of fused-ring (bicyclic) bond motifs is 1. The molecule has 0 saturated heterocycles. The summed E-state index contributed by atoms with van der Waals surface area (Å²) in [5.74, 6) is 0.204. The first-order valence-electron chi connectivity index (χ1n) is 5.73. The number of carbonyl (C=O) groups is 1. The van der Waals surface area contributed by atoms with Crippen LogP contribution in [-0.4, -0.2) is 5.78 Å². The Kier molecular flexibility index (Phi) is 2.37. The van der Waals surface area contributed by atoms with Crippen molar-refractivity contribution in [1.82, 2.24) is 0 Å². The zero-order valence-corrected chi connectivity index (χ0v) is 9.39. The van der Waals surface area contributed by atoms with Crippen molar-refractivity contribution in [1.29, 1.82) is 0 Å². The first-order chi connectivity index (χ1) is 8.34. The van der Waals surface area contributed by atoms with Crippen LogP contribution in [0.5, 0.6) is 0 Å². The molecule has 0 bridgehead atoms. The summed E-state index contributed by atoms with van der Waals surface area (Å²) in [7, 11) is 0. The van der Waals surface area contributed by atoms with Gasteiger partial charge in [0.15, 0.2) is 5.78 Å². The van der Waals surface area contributed by atoms with E-state index in [1.54, 1.807) is 0 Å². The van der Waals surface area contributed by atoms with Gasteiger partial charge in [-0.2, -0.15) is 0 Å². The Hall–Kier alpha value is -2.15. The lowest BCUT2D eigenvalue weighted by atomic mass is 9.88. The van der Waals surface area contributed by atoms with Crippen LogP contribution in [0, 0.1) is 0 Å². The van der Waals surface area contributed by atoms with Gasteiger partial charge in [-0.3, -0.25) is 4.79 Å². The zero-order valence-electron chi connectivity index (χ0n) is 9.39. The van der Waals surface area contributed by atoms with E-state index in [1.165, 1.54) is 0 Å². The maximum Gasteiger partial charge on any atom is 0.167 e. The first kappa shape index (κ1) is 10.0. The normalized spacial score (nSPS) is 14.1. The van der Waals surface area contributed by atoms with Crippen molar-refractivity contribution >= 4 is 17.4 Å². The summed E-state index contributed by atoms with van der Waals surface area (Å²) in [6.45, 7) is 0. The highest BCUT2D eigenvalue weighted by Gasteiger charge is 2.18. The summed E-state index contributed by atoms with van der Waals surface area (Å²) in [6, 6.07) is 17.9. The smallest absolute Gasteiger partial charge is 0.167 e. The van der Waals surface area contributed by atoms with Crippen molar-refractivity contribution in [2.24, 2.45) is 0 Å². The second-order valence-corrected chi connectivity index (χ2v) is 4.22. The molecule has 1 aliphatic rings. The molecular weight excluding hydrogens is 208 g/mol. The van der Waals surface area contributed by atoms with Crippen LogP contribution in [-0.2, 0) is 11.2 Å².